The van der Waals surface area contributed by atoms with Crippen molar-refractivity contribution in [2.75, 3.05) is 6.61 Å². The van der Waals surface area contributed by atoms with Gasteiger partial charge in [0, 0.05) is 0 Å². The average Bonchev–Trinajstić information content (AvgIpc) is 2.57. The highest BCUT2D eigenvalue weighted by Gasteiger charge is 2.15. The van der Waals surface area contributed by atoms with Gasteiger partial charge in [-0.1, -0.05) is 72.1 Å². The molecule has 0 radical (unpaired) electrons. The standard InChI is InChI=1S/C20H38O4/c1-4-7-9-10-11-12-17-23-19(21)15-16-20(22)24-18(13-6-3)14-8-5-2/h18H,4-17H2,1-3H3. The van der Waals surface area contributed by atoms with Crippen molar-refractivity contribution in [2.45, 2.75) is 110 Å². The van der Waals surface area contributed by atoms with Gasteiger partial charge in [0.25, 0.3) is 0 Å². The first-order valence-electron chi connectivity index (χ1n) is 9.99. The second-order valence-electron chi connectivity index (χ2n) is 6.53. The summed E-state index contributed by atoms with van der Waals surface area (Å²) in [5.74, 6) is -0.567. The molecule has 4 heteroatoms. The minimum Gasteiger partial charge on any atom is -0.466 e. The van der Waals surface area contributed by atoms with Crippen LogP contribution in [0.2, 0.25) is 0 Å². The van der Waals surface area contributed by atoms with Gasteiger partial charge in [-0.05, 0) is 19.3 Å². The van der Waals surface area contributed by atoms with Crippen molar-refractivity contribution in [3.05, 3.63) is 0 Å². The van der Waals surface area contributed by atoms with Crippen molar-refractivity contribution >= 4 is 11.9 Å². The zero-order valence-corrected chi connectivity index (χ0v) is 16.1. The van der Waals surface area contributed by atoms with E-state index in [1.54, 1.807) is 0 Å². The maximum absolute atomic E-state index is 11.8. The van der Waals surface area contributed by atoms with Crippen molar-refractivity contribution in [3.63, 3.8) is 0 Å². The Morgan fingerprint density at radius 1 is 0.708 bits per heavy atom. The average molecular weight is 343 g/mol. The van der Waals surface area contributed by atoms with E-state index in [2.05, 4.69) is 20.8 Å². The molecule has 0 amide bonds. The number of hydrogen-bond acceptors (Lipinski definition) is 4. The molecule has 0 aromatic carbocycles. The Morgan fingerprint density at radius 2 is 1.33 bits per heavy atom. The Kier molecular flexibility index (Phi) is 16.0. The number of carbonyl (C=O) groups excluding carboxylic acids is 2. The number of unbranched alkanes of at least 4 members (excludes halogenated alkanes) is 6. The molecule has 0 N–H and O–H groups in total. The molecule has 0 heterocycles. The predicted octanol–water partition coefficient (Wildman–Crippen LogP) is 5.57. The van der Waals surface area contributed by atoms with Crippen molar-refractivity contribution in [1.29, 1.82) is 0 Å². The molecule has 0 saturated carbocycles. The molecule has 4 nitrogen and oxygen atoms in total. The number of hydrogen-bond donors (Lipinski definition) is 0. The van der Waals surface area contributed by atoms with E-state index in [9.17, 15) is 9.59 Å². The lowest BCUT2D eigenvalue weighted by atomic mass is 10.1. The van der Waals surface area contributed by atoms with Gasteiger partial charge in [0.15, 0.2) is 0 Å². The molecule has 24 heavy (non-hydrogen) atoms. The van der Waals surface area contributed by atoms with Crippen LogP contribution in [0.3, 0.4) is 0 Å². The highest BCUT2D eigenvalue weighted by molar-refractivity contribution is 5.77. The summed E-state index contributed by atoms with van der Waals surface area (Å²) in [6.45, 7) is 6.88. The van der Waals surface area contributed by atoms with E-state index in [0.717, 1.165) is 44.9 Å². The molecular weight excluding hydrogens is 304 g/mol. The predicted molar refractivity (Wildman–Crippen MR) is 97.9 cm³/mol. The van der Waals surface area contributed by atoms with Crippen LogP contribution < -0.4 is 0 Å². The van der Waals surface area contributed by atoms with Crippen LogP contribution in [-0.4, -0.2) is 24.6 Å². The monoisotopic (exact) mass is 342 g/mol. The minimum absolute atomic E-state index is 0.00147. The third kappa shape index (κ3) is 14.5. The summed E-state index contributed by atoms with van der Waals surface area (Å²) in [4.78, 5) is 23.5. The van der Waals surface area contributed by atoms with Gasteiger partial charge < -0.3 is 9.47 Å². The Morgan fingerprint density at radius 3 is 2.00 bits per heavy atom. The van der Waals surface area contributed by atoms with Gasteiger partial charge in [-0.25, -0.2) is 0 Å². The van der Waals surface area contributed by atoms with E-state index in [1.807, 2.05) is 0 Å². The van der Waals surface area contributed by atoms with Gasteiger partial charge in [-0.15, -0.1) is 0 Å². The quantitative estimate of drug-likeness (QED) is 0.272. The molecule has 142 valence electrons. The highest BCUT2D eigenvalue weighted by Crippen LogP contribution is 2.12. The molecule has 0 bridgehead atoms. The number of carbonyl (C=O) groups is 2. The molecule has 0 aliphatic rings. The third-order valence-electron chi connectivity index (χ3n) is 4.08. The molecule has 0 aliphatic carbocycles. The van der Waals surface area contributed by atoms with Crippen molar-refractivity contribution in [2.24, 2.45) is 0 Å². The van der Waals surface area contributed by atoms with Crippen molar-refractivity contribution in [3.8, 4) is 0 Å². The number of rotatable bonds is 16. The fourth-order valence-electron chi connectivity index (χ4n) is 2.61. The van der Waals surface area contributed by atoms with Crippen LogP contribution in [0.4, 0.5) is 0 Å². The fraction of sp³-hybridized carbons (Fsp3) is 0.900. The Bertz CT molecular complexity index is 315. The molecule has 1 atom stereocenters. The topological polar surface area (TPSA) is 52.6 Å². The largest absolute Gasteiger partial charge is 0.466 e. The Hall–Kier alpha value is -1.06. The van der Waals surface area contributed by atoms with Crippen LogP contribution in [0.5, 0.6) is 0 Å². The van der Waals surface area contributed by atoms with Crippen LogP contribution in [0.1, 0.15) is 104 Å². The number of esters is 2. The van der Waals surface area contributed by atoms with E-state index in [4.69, 9.17) is 9.47 Å². The van der Waals surface area contributed by atoms with E-state index in [-0.39, 0.29) is 30.9 Å². The minimum atomic E-state index is -0.291. The van der Waals surface area contributed by atoms with Gasteiger partial charge in [-0.2, -0.15) is 0 Å². The molecule has 0 saturated heterocycles. The Balaban J connectivity index is 3.70. The SMILES string of the molecule is CCCCCCCCOC(=O)CCC(=O)OC(CCC)CCCC. The molecule has 0 rings (SSSR count). The van der Waals surface area contributed by atoms with Crippen LogP contribution >= 0.6 is 0 Å². The summed E-state index contributed by atoms with van der Waals surface area (Å²) in [6.07, 6.45) is 12.2. The van der Waals surface area contributed by atoms with Gasteiger partial charge in [0.05, 0.1) is 19.4 Å². The van der Waals surface area contributed by atoms with Gasteiger partial charge in [0.1, 0.15) is 6.10 Å². The summed E-state index contributed by atoms with van der Waals surface area (Å²) >= 11 is 0. The first-order chi connectivity index (χ1) is 11.6. The normalized spacial score (nSPS) is 12.0. The summed E-state index contributed by atoms with van der Waals surface area (Å²) in [7, 11) is 0. The van der Waals surface area contributed by atoms with E-state index in [1.165, 1.54) is 25.7 Å². The van der Waals surface area contributed by atoms with Gasteiger partial charge >= 0.3 is 11.9 Å². The summed E-state index contributed by atoms with van der Waals surface area (Å²) in [6, 6.07) is 0. The highest BCUT2D eigenvalue weighted by atomic mass is 16.5. The van der Waals surface area contributed by atoms with Crippen molar-refractivity contribution < 1.29 is 19.1 Å². The molecule has 0 aromatic rings. The third-order valence-corrected chi connectivity index (χ3v) is 4.08. The summed E-state index contributed by atoms with van der Waals surface area (Å²) in [5.41, 5.74) is 0. The molecule has 0 fully saturated rings. The smallest absolute Gasteiger partial charge is 0.306 e. The lowest BCUT2D eigenvalue weighted by Gasteiger charge is -2.16. The van der Waals surface area contributed by atoms with Gasteiger partial charge in [-0.3, -0.25) is 9.59 Å². The van der Waals surface area contributed by atoms with Crippen molar-refractivity contribution in [1.82, 2.24) is 0 Å². The molecule has 0 spiro atoms. The lowest BCUT2D eigenvalue weighted by molar-refractivity contribution is -0.154. The lowest BCUT2D eigenvalue weighted by Crippen LogP contribution is -2.19. The second kappa shape index (κ2) is 16.8. The maximum atomic E-state index is 11.8. The van der Waals surface area contributed by atoms with E-state index in [0.29, 0.717) is 6.61 Å². The second-order valence-corrected chi connectivity index (χ2v) is 6.53. The summed E-state index contributed by atoms with van der Waals surface area (Å²) < 4.78 is 10.6. The molecule has 0 aromatic heterocycles. The Labute approximate surface area is 148 Å². The van der Waals surface area contributed by atoms with Gasteiger partial charge in [0.2, 0.25) is 0 Å². The zero-order chi connectivity index (χ0) is 18.0. The molecular formula is C20H38O4. The summed E-state index contributed by atoms with van der Waals surface area (Å²) in [5, 5.41) is 0. The van der Waals surface area contributed by atoms with Crippen LogP contribution in [0.25, 0.3) is 0 Å². The van der Waals surface area contributed by atoms with Crippen LogP contribution in [0, 0.1) is 0 Å². The fourth-order valence-corrected chi connectivity index (χ4v) is 2.61. The molecule has 0 aliphatic heterocycles. The van der Waals surface area contributed by atoms with E-state index < -0.39 is 0 Å². The maximum Gasteiger partial charge on any atom is 0.306 e. The molecule has 1 unspecified atom stereocenters. The zero-order valence-electron chi connectivity index (χ0n) is 16.1. The first-order valence-corrected chi connectivity index (χ1v) is 9.99. The first kappa shape index (κ1) is 22.9. The van der Waals surface area contributed by atoms with Crippen LogP contribution in [-0.2, 0) is 19.1 Å². The van der Waals surface area contributed by atoms with Crippen LogP contribution in [0.15, 0.2) is 0 Å². The van der Waals surface area contributed by atoms with E-state index >= 15 is 0 Å². The number of ether oxygens (including phenoxy) is 2.